The maximum Gasteiger partial charge on any atom is 0.133 e. The smallest absolute Gasteiger partial charge is 0.133 e. The van der Waals surface area contributed by atoms with Crippen molar-refractivity contribution in [2.75, 3.05) is 6.61 Å². The van der Waals surface area contributed by atoms with E-state index in [9.17, 15) is 0 Å². The van der Waals surface area contributed by atoms with Crippen molar-refractivity contribution in [3.05, 3.63) is 16.3 Å². The van der Waals surface area contributed by atoms with Crippen LogP contribution in [0.15, 0.2) is 11.4 Å². The topological polar surface area (TPSA) is 9.23 Å². The quantitative estimate of drug-likeness (QED) is 0.306. The number of rotatable bonds is 15. The fraction of sp³-hybridized carbons (Fsp3) is 0.800. The van der Waals surface area contributed by atoms with Crippen LogP contribution in [0, 0.1) is 0 Å². The number of hydrogen-bond acceptors (Lipinski definition) is 2. The summed E-state index contributed by atoms with van der Waals surface area (Å²) >= 11 is 1.81. The van der Waals surface area contributed by atoms with E-state index in [1.807, 2.05) is 11.3 Å². The maximum atomic E-state index is 5.87. The molecule has 0 radical (unpaired) electrons. The summed E-state index contributed by atoms with van der Waals surface area (Å²) in [7, 11) is 0. The van der Waals surface area contributed by atoms with Crippen LogP contribution in [0.1, 0.15) is 95.8 Å². The monoisotopic (exact) mass is 324 g/mol. The molecule has 0 N–H and O–H groups in total. The van der Waals surface area contributed by atoms with Gasteiger partial charge in [0.2, 0.25) is 0 Å². The molecule has 0 saturated heterocycles. The summed E-state index contributed by atoms with van der Waals surface area (Å²) in [6.07, 6.45) is 17.9. The molecule has 1 aromatic rings. The molecule has 22 heavy (non-hydrogen) atoms. The fourth-order valence-corrected chi connectivity index (χ4v) is 3.61. The average molecular weight is 325 g/mol. The first kappa shape index (κ1) is 19.5. The van der Waals surface area contributed by atoms with Gasteiger partial charge in [-0.1, -0.05) is 84.5 Å². The van der Waals surface area contributed by atoms with Crippen LogP contribution in [-0.2, 0) is 6.42 Å². The Morgan fingerprint density at radius 2 is 1.32 bits per heavy atom. The summed E-state index contributed by atoms with van der Waals surface area (Å²) in [5.74, 6) is 1.12. The Hall–Kier alpha value is -0.500. The van der Waals surface area contributed by atoms with Gasteiger partial charge in [0.25, 0.3) is 0 Å². The second kappa shape index (κ2) is 14.1. The zero-order chi connectivity index (χ0) is 15.9. The van der Waals surface area contributed by atoms with Crippen molar-refractivity contribution in [1.29, 1.82) is 0 Å². The molecule has 1 aromatic heterocycles. The third kappa shape index (κ3) is 9.50. The number of thiophene rings is 1. The minimum Gasteiger partial charge on any atom is -0.492 e. The van der Waals surface area contributed by atoms with Crippen molar-refractivity contribution >= 4 is 11.3 Å². The normalized spacial score (nSPS) is 11.0. The van der Waals surface area contributed by atoms with Gasteiger partial charge in [-0.25, -0.2) is 0 Å². The summed E-state index contributed by atoms with van der Waals surface area (Å²) in [6, 6.07) is 2.12. The highest BCUT2D eigenvalue weighted by Gasteiger charge is 2.02. The van der Waals surface area contributed by atoms with Gasteiger partial charge in [-0.15, -0.1) is 11.3 Å². The first-order valence-electron chi connectivity index (χ1n) is 9.57. The molecule has 1 heterocycles. The maximum absolute atomic E-state index is 5.87. The van der Waals surface area contributed by atoms with Gasteiger partial charge in [-0.05, 0) is 24.3 Å². The van der Waals surface area contributed by atoms with Gasteiger partial charge in [-0.2, -0.15) is 0 Å². The van der Waals surface area contributed by atoms with Crippen molar-refractivity contribution in [1.82, 2.24) is 0 Å². The zero-order valence-corrected chi connectivity index (χ0v) is 15.7. The van der Waals surface area contributed by atoms with Crippen molar-refractivity contribution in [2.45, 2.75) is 97.3 Å². The standard InChI is InChI=1S/C20H36OS/c1-3-5-6-7-8-9-10-11-12-13-14-15-17-21-19-16-18-22-20(19)4-2/h16,18H,3-15,17H2,1-2H3. The Kier molecular flexibility index (Phi) is 12.5. The summed E-state index contributed by atoms with van der Waals surface area (Å²) < 4.78 is 5.87. The molecule has 0 amide bonds. The van der Waals surface area contributed by atoms with E-state index in [4.69, 9.17) is 4.74 Å². The summed E-state index contributed by atoms with van der Waals surface area (Å²) in [4.78, 5) is 1.39. The second-order valence-electron chi connectivity index (χ2n) is 6.30. The van der Waals surface area contributed by atoms with Crippen LogP contribution in [0.5, 0.6) is 5.75 Å². The molecule has 0 aliphatic carbocycles. The van der Waals surface area contributed by atoms with Crippen LogP contribution in [-0.4, -0.2) is 6.61 Å². The lowest BCUT2D eigenvalue weighted by Gasteiger charge is -2.06. The number of aryl methyl sites for hydroxylation is 1. The second-order valence-corrected chi connectivity index (χ2v) is 7.30. The number of hydrogen-bond donors (Lipinski definition) is 0. The fourth-order valence-electron chi connectivity index (χ4n) is 2.84. The molecule has 1 nitrogen and oxygen atoms in total. The molecule has 2 heteroatoms. The molecule has 0 fully saturated rings. The third-order valence-electron chi connectivity index (χ3n) is 4.28. The van der Waals surface area contributed by atoms with E-state index >= 15 is 0 Å². The van der Waals surface area contributed by atoms with E-state index in [1.165, 1.54) is 81.9 Å². The molecule has 128 valence electrons. The molecule has 0 aromatic carbocycles. The largest absolute Gasteiger partial charge is 0.492 e. The van der Waals surface area contributed by atoms with E-state index in [-0.39, 0.29) is 0 Å². The lowest BCUT2D eigenvalue weighted by Crippen LogP contribution is -1.97. The van der Waals surface area contributed by atoms with Crippen LogP contribution >= 0.6 is 11.3 Å². The minimum atomic E-state index is 0.890. The Morgan fingerprint density at radius 1 is 0.773 bits per heavy atom. The van der Waals surface area contributed by atoms with Crippen LogP contribution in [0.2, 0.25) is 0 Å². The van der Waals surface area contributed by atoms with Crippen molar-refractivity contribution in [3.8, 4) is 5.75 Å². The van der Waals surface area contributed by atoms with Crippen molar-refractivity contribution in [3.63, 3.8) is 0 Å². The molecule has 0 bridgehead atoms. The van der Waals surface area contributed by atoms with E-state index < -0.39 is 0 Å². The van der Waals surface area contributed by atoms with Gasteiger partial charge in [0, 0.05) is 4.88 Å². The van der Waals surface area contributed by atoms with Gasteiger partial charge in [0.05, 0.1) is 6.61 Å². The van der Waals surface area contributed by atoms with Crippen molar-refractivity contribution in [2.24, 2.45) is 0 Å². The molecule has 1 rings (SSSR count). The van der Waals surface area contributed by atoms with Crippen molar-refractivity contribution < 1.29 is 4.74 Å². The first-order valence-corrected chi connectivity index (χ1v) is 10.5. The molecule has 0 unspecified atom stereocenters. The highest BCUT2D eigenvalue weighted by atomic mass is 32.1. The SMILES string of the molecule is CCCCCCCCCCCCCCOc1ccsc1CC. The van der Waals surface area contributed by atoms with Crippen LogP contribution in [0.4, 0.5) is 0 Å². The van der Waals surface area contributed by atoms with E-state index in [0.29, 0.717) is 0 Å². The molecule has 0 atom stereocenters. The summed E-state index contributed by atoms with van der Waals surface area (Å²) in [5.41, 5.74) is 0. The highest BCUT2D eigenvalue weighted by molar-refractivity contribution is 7.10. The number of unbranched alkanes of at least 4 members (excludes halogenated alkanes) is 11. The van der Waals surface area contributed by atoms with Gasteiger partial charge in [0.15, 0.2) is 0 Å². The molecular formula is C20H36OS. The minimum absolute atomic E-state index is 0.890. The summed E-state index contributed by atoms with van der Waals surface area (Å²) in [5, 5.41) is 2.14. The Balaban J connectivity index is 1.80. The number of ether oxygens (including phenoxy) is 1. The molecule has 0 saturated carbocycles. The molecular weight excluding hydrogens is 288 g/mol. The molecule has 0 aliphatic heterocycles. The first-order chi connectivity index (χ1) is 10.9. The molecule has 0 aliphatic rings. The van der Waals surface area contributed by atoms with Gasteiger partial charge >= 0.3 is 0 Å². The lowest BCUT2D eigenvalue weighted by molar-refractivity contribution is 0.303. The predicted octanol–water partition coefficient (Wildman–Crippen LogP) is 7.39. The van der Waals surface area contributed by atoms with E-state index in [2.05, 4.69) is 25.3 Å². The van der Waals surface area contributed by atoms with Crippen LogP contribution in [0.3, 0.4) is 0 Å². The average Bonchev–Trinajstić information content (AvgIpc) is 2.99. The zero-order valence-electron chi connectivity index (χ0n) is 14.9. The van der Waals surface area contributed by atoms with E-state index in [1.54, 1.807) is 0 Å². The summed E-state index contributed by atoms with van der Waals surface area (Å²) in [6.45, 7) is 5.37. The van der Waals surface area contributed by atoms with Gasteiger partial charge in [-0.3, -0.25) is 0 Å². The van der Waals surface area contributed by atoms with E-state index in [0.717, 1.165) is 18.8 Å². The van der Waals surface area contributed by atoms with Gasteiger partial charge in [0.1, 0.15) is 5.75 Å². The molecule has 0 spiro atoms. The highest BCUT2D eigenvalue weighted by Crippen LogP contribution is 2.25. The van der Waals surface area contributed by atoms with Crippen LogP contribution < -0.4 is 4.74 Å². The third-order valence-corrected chi connectivity index (χ3v) is 5.33. The Bertz CT molecular complexity index is 345. The lowest BCUT2D eigenvalue weighted by atomic mass is 10.1. The van der Waals surface area contributed by atoms with Crippen LogP contribution in [0.25, 0.3) is 0 Å². The predicted molar refractivity (Wildman–Crippen MR) is 100 cm³/mol. The Labute approximate surface area is 142 Å². The van der Waals surface area contributed by atoms with Gasteiger partial charge < -0.3 is 4.74 Å². The Morgan fingerprint density at radius 3 is 1.86 bits per heavy atom.